The number of ether oxygens (including phenoxy) is 2. The molecule has 7 nitrogen and oxygen atoms in total. The van der Waals surface area contributed by atoms with E-state index in [0.717, 1.165) is 10.8 Å². The molecule has 0 aliphatic carbocycles. The second-order valence-corrected chi connectivity index (χ2v) is 9.11. The zero-order chi connectivity index (χ0) is 25.5. The van der Waals surface area contributed by atoms with Crippen LogP contribution in [0.1, 0.15) is 15.9 Å². The van der Waals surface area contributed by atoms with Gasteiger partial charge in [-0.15, -0.1) is 0 Å². The van der Waals surface area contributed by atoms with E-state index in [1.807, 2.05) is 30.3 Å². The molecule has 0 saturated carbocycles. The highest BCUT2D eigenvalue weighted by atomic mass is 35.5. The number of aromatic nitrogens is 1. The normalized spacial score (nSPS) is 12.1. The Bertz CT molecular complexity index is 1790. The van der Waals surface area contributed by atoms with Crippen LogP contribution in [0.2, 0.25) is 5.02 Å². The fraction of sp³-hybridized carbons (Fsp3) is 0.0690. The minimum absolute atomic E-state index is 0.0258. The molecule has 0 bridgehead atoms. The van der Waals surface area contributed by atoms with Crippen LogP contribution in [0, 0.1) is 0 Å². The van der Waals surface area contributed by atoms with E-state index in [4.69, 9.17) is 21.1 Å². The van der Waals surface area contributed by atoms with Gasteiger partial charge in [-0.25, -0.2) is 0 Å². The number of pyridine rings is 1. The Morgan fingerprint density at radius 1 is 0.892 bits per heavy atom. The molecule has 0 spiro atoms. The van der Waals surface area contributed by atoms with Gasteiger partial charge in [-0.05, 0) is 41.1 Å². The van der Waals surface area contributed by atoms with Crippen molar-refractivity contribution in [3.63, 3.8) is 0 Å². The molecule has 1 amide bonds. The maximum atomic E-state index is 13.6. The molecular weight excluding hydrogens is 492 g/mol. The lowest BCUT2D eigenvalue weighted by Crippen LogP contribution is -2.24. The first-order chi connectivity index (χ1) is 18.0. The number of ketones is 1. The third-order valence-corrected chi connectivity index (χ3v) is 6.49. The van der Waals surface area contributed by atoms with Gasteiger partial charge in [-0.3, -0.25) is 14.4 Å². The Kier molecular flexibility index (Phi) is 5.62. The first kappa shape index (κ1) is 22.8. The van der Waals surface area contributed by atoms with Gasteiger partial charge in [0.1, 0.15) is 6.54 Å². The SMILES string of the molecule is O=C(Cn1cc(C(=O)c2ccc3ccccc3c2)c(=O)c2cc3c(cc21)OCO3)Nc1cccc(Cl)c1. The summed E-state index contributed by atoms with van der Waals surface area (Å²) in [7, 11) is 0. The van der Waals surface area contributed by atoms with E-state index in [9.17, 15) is 14.4 Å². The van der Waals surface area contributed by atoms with Crippen molar-refractivity contribution in [3.8, 4) is 11.5 Å². The van der Waals surface area contributed by atoms with Crippen LogP contribution in [-0.4, -0.2) is 23.1 Å². The highest BCUT2D eigenvalue weighted by molar-refractivity contribution is 6.30. The number of benzene rings is 4. The molecule has 6 rings (SSSR count). The molecular formula is C29H19ClN2O5. The van der Waals surface area contributed by atoms with Crippen LogP contribution < -0.4 is 20.2 Å². The van der Waals surface area contributed by atoms with E-state index >= 15 is 0 Å². The number of hydrogen-bond acceptors (Lipinski definition) is 5. The van der Waals surface area contributed by atoms with Crippen molar-refractivity contribution in [2.75, 3.05) is 12.1 Å². The number of hydrogen-bond donors (Lipinski definition) is 1. The first-order valence-electron chi connectivity index (χ1n) is 11.5. The zero-order valence-electron chi connectivity index (χ0n) is 19.4. The molecule has 0 fully saturated rings. The molecule has 1 aliphatic heterocycles. The molecule has 0 radical (unpaired) electrons. The van der Waals surface area contributed by atoms with Crippen molar-refractivity contribution in [2.24, 2.45) is 0 Å². The van der Waals surface area contributed by atoms with Gasteiger partial charge >= 0.3 is 0 Å². The van der Waals surface area contributed by atoms with Crippen molar-refractivity contribution >= 4 is 50.7 Å². The van der Waals surface area contributed by atoms with Gasteiger partial charge in [-0.2, -0.15) is 0 Å². The van der Waals surface area contributed by atoms with Gasteiger partial charge in [0, 0.05) is 28.5 Å². The minimum atomic E-state index is -0.446. The molecule has 4 aromatic carbocycles. The van der Waals surface area contributed by atoms with Crippen LogP contribution in [0.15, 0.2) is 89.9 Å². The van der Waals surface area contributed by atoms with Crippen molar-refractivity contribution < 1.29 is 19.1 Å². The molecule has 0 unspecified atom stereocenters. The molecule has 2 heterocycles. The lowest BCUT2D eigenvalue weighted by atomic mass is 9.99. The maximum Gasteiger partial charge on any atom is 0.244 e. The summed E-state index contributed by atoms with van der Waals surface area (Å²) in [6.07, 6.45) is 1.43. The van der Waals surface area contributed by atoms with Crippen molar-refractivity contribution in [1.29, 1.82) is 0 Å². The molecule has 37 heavy (non-hydrogen) atoms. The van der Waals surface area contributed by atoms with Gasteiger partial charge in [0.2, 0.25) is 18.1 Å². The van der Waals surface area contributed by atoms with Crippen LogP contribution in [0.3, 0.4) is 0 Å². The van der Waals surface area contributed by atoms with E-state index in [-0.39, 0.29) is 30.2 Å². The van der Waals surface area contributed by atoms with E-state index in [1.165, 1.54) is 6.20 Å². The van der Waals surface area contributed by atoms with Gasteiger partial charge < -0.3 is 19.4 Å². The molecule has 1 aliphatic rings. The molecule has 1 aromatic heterocycles. The lowest BCUT2D eigenvalue weighted by Gasteiger charge is -2.14. The Balaban J connectivity index is 1.45. The van der Waals surface area contributed by atoms with Crippen LogP contribution in [-0.2, 0) is 11.3 Å². The van der Waals surface area contributed by atoms with E-state index in [1.54, 1.807) is 53.1 Å². The molecule has 8 heteroatoms. The standard InChI is InChI=1S/C29H19ClN2O5/c30-20-6-3-7-21(11-20)31-27(33)15-32-14-23(28(34)19-9-8-17-4-1-2-5-18(17)10-19)29(35)22-12-25-26(13-24(22)32)37-16-36-25/h1-14H,15-16H2,(H,31,33). The summed E-state index contributed by atoms with van der Waals surface area (Å²) in [5.41, 5.74) is 0.875. The lowest BCUT2D eigenvalue weighted by molar-refractivity contribution is -0.116. The number of fused-ring (bicyclic) bond motifs is 3. The number of halogens is 1. The summed E-state index contributed by atoms with van der Waals surface area (Å²) in [5, 5.41) is 5.42. The Morgan fingerprint density at radius 2 is 1.68 bits per heavy atom. The maximum absolute atomic E-state index is 13.6. The molecule has 0 atom stereocenters. The monoisotopic (exact) mass is 510 g/mol. The van der Waals surface area contributed by atoms with Gasteiger partial charge in [0.15, 0.2) is 17.3 Å². The number of nitrogens with zero attached hydrogens (tertiary/aromatic N) is 1. The summed E-state index contributed by atoms with van der Waals surface area (Å²) >= 11 is 6.03. The first-order valence-corrected chi connectivity index (χ1v) is 11.9. The average molecular weight is 511 g/mol. The zero-order valence-corrected chi connectivity index (χ0v) is 20.1. The molecule has 1 N–H and O–H groups in total. The van der Waals surface area contributed by atoms with E-state index < -0.39 is 11.2 Å². The largest absolute Gasteiger partial charge is 0.454 e. The van der Waals surface area contributed by atoms with Crippen LogP contribution in [0.25, 0.3) is 21.7 Å². The summed E-state index contributed by atoms with van der Waals surface area (Å²) in [4.78, 5) is 40.1. The van der Waals surface area contributed by atoms with Crippen molar-refractivity contribution in [1.82, 2.24) is 4.57 Å². The number of carbonyl (C=O) groups excluding carboxylic acids is 2. The van der Waals surface area contributed by atoms with Gasteiger partial charge in [-0.1, -0.05) is 54.1 Å². The topological polar surface area (TPSA) is 86.6 Å². The fourth-order valence-corrected chi connectivity index (χ4v) is 4.67. The molecule has 182 valence electrons. The number of amides is 1. The number of nitrogens with one attached hydrogen (secondary N) is 1. The van der Waals surface area contributed by atoms with Crippen LogP contribution in [0.4, 0.5) is 5.69 Å². The van der Waals surface area contributed by atoms with Crippen molar-refractivity contribution in [2.45, 2.75) is 6.54 Å². The summed E-state index contributed by atoms with van der Waals surface area (Å²) in [6.45, 7) is -0.126. The predicted molar refractivity (Wildman–Crippen MR) is 142 cm³/mol. The third kappa shape index (κ3) is 4.30. The molecule has 0 saturated heterocycles. The number of rotatable bonds is 5. The molecule has 5 aromatic rings. The number of carbonyl (C=O) groups is 2. The smallest absolute Gasteiger partial charge is 0.244 e. The quantitative estimate of drug-likeness (QED) is 0.320. The minimum Gasteiger partial charge on any atom is -0.454 e. The summed E-state index contributed by atoms with van der Waals surface area (Å²) in [6, 6.07) is 23.0. The number of anilines is 1. The Labute approximate surface area is 215 Å². The van der Waals surface area contributed by atoms with Gasteiger partial charge in [0.25, 0.3) is 0 Å². The van der Waals surface area contributed by atoms with E-state index in [2.05, 4.69) is 5.32 Å². The van der Waals surface area contributed by atoms with Gasteiger partial charge in [0.05, 0.1) is 16.5 Å². The highest BCUT2D eigenvalue weighted by Crippen LogP contribution is 2.35. The van der Waals surface area contributed by atoms with E-state index in [0.29, 0.717) is 33.3 Å². The Hall–Kier alpha value is -4.62. The van der Waals surface area contributed by atoms with Crippen molar-refractivity contribution in [3.05, 3.63) is 111 Å². The second kappa shape index (κ2) is 9.11. The second-order valence-electron chi connectivity index (χ2n) is 8.67. The predicted octanol–water partition coefficient (Wildman–Crippen LogP) is 5.41. The fourth-order valence-electron chi connectivity index (χ4n) is 4.48. The third-order valence-electron chi connectivity index (χ3n) is 6.25. The summed E-state index contributed by atoms with van der Waals surface area (Å²) < 4.78 is 12.5. The highest BCUT2D eigenvalue weighted by Gasteiger charge is 2.22. The van der Waals surface area contributed by atoms with Crippen LogP contribution >= 0.6 is 11.6 Å². The summed E-state index contributed by atoms with van der Waals surface area (Å²) in [5.74, 6) is 0.0904. The van der Waals surface area contributed by atoms with Crippen LogP contribution in [0.5, 0.6) is 11.5 Å². The average Bonchev–Trinajstić information content (AvgIpc) is 3.36. The Morgan fingerprint density at radius 3 is 2.49 bits per heavy atom.